The Hall–Kier alpha value is -1.10. The molecule has 20 heavy (non-hydrogen) atoms. The van der Waals surface area contributed by atoms with Crippen molar-refractivity contribution in [2.45, 2.75) is 19.8 Å². The van der Waals surface area contributed by atoms with Crippen LogP contribution in [0, 0.1) is 0 Å². The third-order valence-corrected chi connectivity index (χ3v) is 2.84. The lowest BCUT2D eigenvalue weighted by atomic mass is 10.1. The average Bonchev–Trinajstić information content (AvgIpc) is 2.44. The molecule has 1 amide bonds. The number of nitrogens with two attached hydrogens (primary N) is 1. The van der Waals surface area contributed by atoms with E-state index in [1.165, 1.54) is 5.56 Å². The summed E-state index contributed by atoms with van der Waals surface area (Å²) < 4.78 is 5.29. The molecule has 1 rings (SSSR count). The van der Waals surface area contributed by atoms with Crippen molar-refractivity contribution in [3.63, 3.8) is 0 Å². The fraction of sp³-hybridized carbons (Fsp3) is 0.533. The lowest BCUT2D eigenvalue weighted by Gasteiger charge is -2.22. The van der Waals surface area contributed by atoms with Gasteiger partial charge in [-0.25, -0.2) is 0 Å². The topological polar surface area (TPSA) is 55.6 Å². The monoisotopic (exact) mass is 300 g/mol. The Bertz CT molecular complexity index is 360. The second kappa shape index (κ2) is 11.7. The van der Waals surface area contributed by atoms with Gasteiger partial charge in [-0.15, -0.1) is 12.4 Å². The summed E-state index contributed by atoms with van der Waals surface area (Å²) in [6.07, 6.45) is 1.77. The average molecular weight is 301 g/mol. The number of nitrogens with zero attached hydrogens (tertiary/aromatic N) is 1. The summed E-state index contributed by atoms with van der Waals surface area (Å²) in [5.41, 5.74) is 6.78. The zero-order valence-electron chi connectivity index (χ0n) is 12.1. The minimum absolute atomic E-state index is 0. The molecule has 4 nitrogen and oxygen atoms in total. The number of rotatable bonds is 9. The molecule has 1 aromatic rings. The summed E-state index contributed by atoms with van der Waals surface area (Å²) in [6.45, 7) is 4.56. The molecule has 0 unspecified atom stereocenters. The molecule has 0 aliphatic carbocycles. The highest BCUT2D eigenvalue weighted by molar-refractivity contribution is 5.85. The zero-order valence-corrected chi connectivity index (χ0v) is 12.9. The van der Waals surface area contributed by atoms with E-state index in [-0.39, 0.29) is 24.9 Å². The maximum atomic E-state index is 12.0. The Balaban J connectivity index is 0.00000361. The number of ether oxygens (including phenoxy) is 1. The Kier molecular flexibility index (Phi) is 11.1. The third kappa shape index (κ3) is 7.48. The molecule has 0 heterocycles. The van der Waals surface area contributed by atoms with Crippen molar-refractivity contribution in [1.82, 2.24) is 4.90 Å². The molecule has 0 saturated carbocycles. The second-order valence-electron chi connectivity index (χ2n) is 4.46. The molecule has 1 aromatic carbocycles. The normalized spacial score (nSPS) is 9.90. The van der Waals surface area contributed by atoms with Crippen LogP contribution in [-0.4, -0.2) is 43.7 Å². The number of hydrogen-bond donors (Lipinski definition) is 1. The molecule has 0 atom stereocenters. The molecule has 0 aromatic heterocycles. The minimum Gasteiger partial charge on any atom is -0.372 e. The van der Waals surface area contributed by atoms with Crippen LogP contribution < -0.4 is 5.73 Å². The van der Waals surface area contributed by atoms with Crippen molar-refractivity contribution >= 4 is 18.3 Å². The summed E-state index contributed by atoms with van der Waals surface area (Å²) in [5.74, 6) is 0.0230. The maximum absolute atomic E-state index is 12.0. The van der Waals surface area contributed by atoms with Crippen LogP contribution in [0.3, 0.4) is 0 Å². The van der Waals surface area contributed by atoms with Crippen LogP contribution in [0.4, 0.5) is 0 Å². The zero-order chi connectivity index (χ0) is 13.9. The Morgan fingerprint density at radius 3 is 2.55 bits per heavy atom. The van der Waals surface area contributed by atoms with Crippen LogP contribution in [0.5, 0.6) is 0 Å². The molecule has 5 heteroatoms. The van der Waals surface area contributed by atoms with E-state index < -0.39 is 0 Å². The Morgan fingerprint density at radius 1 is 1.25 bits per heavy atom. The highest BCUT2D eigenvalue weighted by atomic mass is 35.5. The Labute approximate surface area is 127 Å². The highest BCUT2D eigenvalue weighted by Crippen LogP contribution is 2.02. The summed E-state index contributed by atoms with van der Waals surface area (Å²) >= 11 is 0. The summed E-state index contributed by atoms with van der Waals surface area (Å²) in [5, 5.41) is 0. The van der Waals surface area contributed by atoms with Gasteiger partial charge < -0.3 is 15.4 Å². The first-order chi connectivity index (χ1) is 9.27. The molecule has 0 spiro atoms. The number of hydrogen-bond acceptors (Lipinski definition) is 3. The number of benzene rings is 1. The molecule has 0 saturated heterocycles. The van der Waals surface area contributed by atoms with Crippen LogP contribution in [0.1, 0.15) is 18.9 Å². The van der Waals surface area contributed by atoms with Crippen molar-refractivity contribution in [3.05, 3.63) is 35.9 Å². The van der Waals surface area contributed by atoms with Crippen molar-refractivity contribution < 1.29 is 9.53 Å². The minimum atomic E-state index is 0. The van der Waals surface area contributed by atoms with E-state index in [9.17, 15) is 4.79 Å². The Morgan fingerprint density at radius 2 is 1.95 bits per heavy atom. The predicted octanol–water partition coefficient (Wildman–Crippen LogP) is 1.86. The van der Waals surface area contributed by atoms with Gasteiger partial charge in [-0.1, -0.05) is 37.3 Å². The maximum Gasteiger partial charge on any atom is 0.248 e. The lowest BCUT2D eigenvalue weighted by Crippen LogP contribution is -2.39. The molecule has 0 aliphatic heterocycles. The predicted molar refractivity (Wildman–Crippen MR) is 84.1 cm³/mol. The summed E-state index contributed by atoms with van der Waals surface area (Å²) in [4.78, 5) is 13.8. The standard InChI is InChI=1S/C15H24N2O2.ClH/c1-2-12-19-13-15(18)17(11-9-16)10-8-14-6-4-3-5-7-14;/h3-7H,2,8-13,16H2,1H3;1H. The number of carbonyl (C=O) groups is 1. The van der Waals surface area contributed by atoms with E-state index >= 15 is 0 Å². The first-order valence-electron chi connectivity index (χ1n) is 6.87. The van der Waals surface area contributed by atoms with Gasteiger partial charge in [0.2, 0.25) is 5.91 Å². The van der Waals surface area contributed by atoms with Gasteiger partial charge in [0, 0.05) is 26.2 Å². The van der Waals surface area contributed by atoms with Crippen molar-refractivity contribution in [2.75, 3.05) is 32.8 Å². The molecule has 0 aliphatic rings. The molecule has 114 valence electrons. The van der Waals surface area contributed by atoms with Gasteiger partial charge in [0.25, 0.3) is 0 Å². The first kappa shape index (κ1) is 18.9. The van der Waals surface area contributed by atoms with Crippen LogP contribution in [-0.2, 0) is 16.0 Å². The number of halogens is 1. The third-order valence-electron chi connectivity index (χ3n) is 2.84. The van der Waals surface area contributed by atoms with E-state index in [4.69, 9.17) is 10.5 Å². The number of carbonyl (C=O) groups excluding carboxylic acids is 1. The van der Waals surface area contributed by atoms with Crippen molar-refractivity contribution in [1.29, 1.82) is 0 Å². The van der Waals surface area contributed by atoms with Gasteiger partial charge in [0.05, 0.1) is 0 Å². The summed E-state index contributed by atoms with van der Waals surface area (Å²) in [6, 6.07) is 10.1. The lowest BCUT2D eigenvalue weighted by molar-refractivity contribution is -0.136. The number of amides is 1. The molecule has 0 fully saturated rings. The van der Waals surface area contributed by atoms with E-state index in [1.54, 1.807) is 4.90 Å². The van der Waals surface area contributed by atoms with E-state index in [2.05, 4.69) is 12.1 Å². The quantitative estimate of drug-likeness (QED) is 0.708. The first-order valence-corrected chi connectivity index (χ1v) is 6.87. The summed E-state index contributed by atoms with van der Waals surface area (Å²) in [7, 11) is 0. The van der Waals surface area contributed by atoms with Gasteiger partial charge in [0.1, 0.15) is 6.61 Å². The molecular formula is C15H25ClN2O2. The smallest absolute Gasteiger partial charge is 0.248 e. The highest BCUT2D eigenvalue weighted by Gasteiger charge is 2.12. The van der Waals surface area contributed by atoms with Gasteiger partial charge in [-0.3, -0.25) is 4.79 Å². The molecule has 2 N–H and O–H groups in total. The van der Waals surface area contributed by atoms with Gasteiger partial charge >= 0.3 is 0 Å². The van der Waals surface area contributed by atoms with Gasteiger partial charge in [-0.05, 0) is 18.4 Å². The van der Waals surface area contributed by atoms with Gasteiger partial charge in [-0.2, -0.15) is 0 Å². The fourth-order valence-electron chi connectivity index (χ4n) is 1.82. The van der Waals surface area contributed by atoms with E-state index in [0.29, 0.717) is 26.2 Å². The van der Waals surface area contributed by atoms with Crippen LogP contribution in [0.2, 0.25) is 0 Å². The van der Waals surface area contributed by atoms with Crippen LogP contribution in [0.15, 0.2) is 30.3 Å². The van der Waals surface area contributed by atoms with Crippen LogP contribution >= 0.6 is 12.4 Å². The van der Waals surface area contributed by atoms with E-state index in [0.717, 1.165) is 12.8 Å². The van der Waals surface area contributed by atoms with Gasteiger partial charge in [0.15, 0.2) is 0 Å². The molecule has 0 radical (unpaired) electrons. The van der Waals surface area contributed by atoms with Crippen LogP contribution in [0.25, 0.3) is 0 Å². The second-order valence-corrected chi connectivity index (χ2v) is 4.46. The molecular weight excluding hydrogens is 276 g/mol. The SMILES string of the molecule is CCCOCC(=O)N(CCN)CCc1ccccc1.Cl. The van der Waals surface area contributed by atoms with Crippen molar-refractivity contribution in [2.24, 2.45) is 5.73 Å². The largest absolute Gasteiger partial charge is 0.372 e. The molecule has 0 bridgehead atoms. The van der Waals surface area contributed by atoms with Crippen molar-refractivity contribution in [3.8, 4) is 0 Å². The van der Waals surface area contributed by atoms with E-state index in [1.807, 2.05) is 25.1 Å². The fourth-order valence-corrected chi connectivity index (χ4v) is 1.82.